The van der Waals surface area contributed by atoms with Crippen molar-refractivity contribution in [2.45, 2.75) is 31.8 Å². The number of rotatable bonds is 6. The van der Waals surface area contributed by atoms with E-state index in [9.17, 15) is 4.79 Å². The molecule has 1 amide bonds. The Labute approximate surface area is 158 Å². The molecule has 1 atom stereocenters. The number of imidazole rings is 1. The van der Waals surface area contributed by atoms with Gasteiger partial charge in [0.05, 0.1) is 18.3 Å². The molecule has 4 rings (SSSR count). The van der Waals surface area contributed by atoms with Crippen molar-refractivity contribution in [3.63, 3.8) is 0 Å². The molecule has 3 aromatic rings. The minimum atomic E-state index is 0.114. The number of para-hydroxylation sites is 1. The summed E-state index contributed by atoms with van der Waals surface area (Å²) in [5, 5.41) is 5.44. The van der Waals surface area contributed by atoms with E-state index >= 15 is 0 Å². The Morgan fingerprint density at radius 1 is 1.33 bits per heavy atom. The Kier molecular flexibility index (Phi) is 5.20. The van der Waals surface area contributed by atoms with Crippen molar-refractivity contribution in [1.29, 1.82) is 0 Å². The summed E-state index contributed by atoms with van der Waals surface area (Å²) in [6.07, 6.45) is 7.69. The van der Waals surface area contributed by atoms with Gasteiger partial charge in [-0.15, -0.1) is 0 Å². The fourth-order valence-corrected chi connectivity index (χ4v) is 3.85. The molecule has 0 radical (unpaired) electrons. The van der Waals surface area contributed by atoms with Crippen molar-refractivity contribution in [3.05, 3.63) is 48.7 Å². The van der Waals surface area contributed by atoms with Crippen molar-refractivity contribution < 1.29 is 9.53 Å². The zero-order chi connectivity index (χ0) is 18.6. The number of aromatic nitrogens is 4. The highest BCUT2D eigenvalue weighted by molar-refractivity contribution is 5.82. The van der Waals surface area contributed by atoms with E-state index < -0.39 is 0 Å². The van der Waals surface area contributed by atoms with Crippen molar-refractivity contribution in [1.82, 2.24) is 24.2 Å². The third-order valence-corrected chi connectivity index (χ3v) is 5.26. The third kappa shape index (κ3) is 3.73. The second kappa shape index (κ2) is 7.92. The van der Waals surface area contributed by atoms with Gasteiger partial charge in [0.1, 0.15) is 12.4 Å². The maximum atomic E-state index is 12.9. The number of fused-ring (bicyclic) bond motifs is 1. The molecule has 1 aliphatic rings. The van der Waals surface area contributed by atoms with E-state index in [2.05, 4.69) is 14.6 Å². The number of hydrogen-bond acceptors (Lipinski definition) is 4. The van der Waals surface area contributed by atoms with Gasteiger partial charge in [-0.2, -0.15) is 5.10 Å². The first-order valence-corrected chi connectivity index (χ1v) is 9.44. The highest BCUT2D eigenvalue weighted by Gasteiger charge is 2.27. The molecule has 0 N–H and O–H groups in total. The number of carbonyl (C=O) groups excluding carboxylic acids is 1. The standard InChI is InChI=1S/C20H25N5O2/c1-27-12-11-23-10-8-21-20(23)17-6-4-9-24(14-17)19(26)15-25-18-7-3-2-5-16(18)13-22-25/h2-3,5,7-8,10,13,17H,4,6,9,11-12,14-15H2,1H3. The fourth-order valence-electron chi connectivity index (χ4n) is 3.85. The third-order valence-electron chi connectivity index (χ3n) is 5.26. The molecular formula is C20H25N5O2. The molecule has 1 aliphatic heterocycles. The number of likely N-dealkylation sites (tertiary alicyclic amines) is 1. The van der Waals surface area contributed by atoms with Crippen molar-refractivity contribution in [2.24, 2.45) is 0 Å². The topological polar surface area (TPSA) is 65.2 Å². The Balaban J connectivity index is 1.45. The quantitative estimate of drug-likeness (QED) is 0.670. The highest BCUT2D eigenvalue weighted by Crippen LogP contribution is 2.26. The zero-order valence-corrected chi connectivity index (χ0v) is 15.6. The van der Waals surface area contributed by atoms with E-state index in [-0.39, 0.29) is 18.4 Å². The molecule has 142 valence electrons. The van der Waals surface area contributed by atoms with Gasteiger partial charge >= 0.3 is 0 Å². The van der Waals surface area contributed by atoms with Gasteiger partial charge in [-0.25, -0.2) is 4.98 Å². The first-order chi connectivity index (χ1) is 13.3. The zero-order valence-electron chi connectivity index (χ0n) is 15.6. The fraction of sp³-hybridized carbons (Fsp3) is 0.450. The summed E-state index contributed by atoms with van der Waals surface area (Å²) < 4.78 is 9.12. The molecule has 0 saturated carbocycles. The molecule has 2 aromatic heterocycles. The van der Waals surface area contributed by atoms with Crippen molar-refractivity contribution in [3.8, 4) is 0 Å². The SMILES string of the molecule is COCCn1ccnc1C1CCCN(C(=O)Cn2ncc3ccccc32)C1. The van der Waals surface area contributed by atoms with E-state index in [0.29, 0.717) is 13.2 Å². The van der Waals surface area contributed by atoms with E-state index in [1.54, 1.807) is 11.8 Å². The van der Waals surface area contributed by atoms with Gasteiger partial charge in [0.15, 0.2) is 0 Å². The molecule has 1 unspecified atom stereocenters. The largest absolute Gasteiger partial charge is 0.383 e. The average molecular weight is 367 g/mol. The number of methoxy groups -OCH3 is 1. The van der Waals surface area contributed by atoms with Crippen LogP contribution in [-0.4, -0.2) is 56.9 Å². The monoisotopic (exact) mass is 367 g/mol. The van der Waals surface area contributed by atoms with Gasteiger partial charge in [-0.1, -0.05) is 18.2 Å². The highest BCUT2D eigenvalue weighted by atomic mass is 16.5. The normalized spacial score (nSPS) is 17.5. The van der Waals surface area contributed by atoms with Crippen LogP contribution in [0, 0.1) is 0 Å². The maximum absolute atomic E-state index is 12.9. The summed E-state index contributed by atoms with van der Waals surface area (Å²) in [4.78, 5) is 19.4. The lowest BCUT2D eigenvalue weighted by molar-refractivity contribution is -0.133. The number of benzene rings is 1. The molecule has 7 heteroatoms. The van der Waals surface area contributed by atoms with Crippen LogP contribution in [0.4, 0.5) is 0 Å². The number of nitrogens with zero attached hydrogens (tertiary/aromatic N) is 5. The van der Waals surface area contributed by atoms with Gasteiger partial charge in [0.2, 0.25) is 5.91 Å². The van der Waals surface area contributed by atoms with Crippen LogP contribution in [0.2, 0.25) is 0 Å². The number of piperidine rings is 1. The van der Waals surface area contributed by atoms with Gasteiger partial charge < -0.3 is 14.2 Å². The first-order valence-electron chi connectivity index (χ1n) is 9.44. The lowest BCUT2D eigenvalue weighted by Crippen LogP contribution is -2.41. The smallest absolute Gasteiger partial charge is 0.244 e. The molecule has 7 nitrogen and oxygen atoms in total. The Morgan fingerprint density at radius 3 is 3.11 bits per heavy atom. The van der Waals surface area contributed by atoms with Gasteiger partial charge in [0.25, 0.3) is 0 Å². The van der Waals surface area contributed by atoms with E-state index in [1.165, 1.54) is 0 Å². The number of hydrogen-bond donors (Lipinski definition) is 0. The van der Waals surface area contributed by atoms with Crippen LogP contribution in [0.1, 0.15) is 24.6 Å². The van der Waals surface area contributed by atoms with E-state index in [0.717, 1.165) is 42.7 Å². The molecule has 1 saturated heterocycles. The molecule has 0 spiro atoms. The average Bonchev–Trinajstić information content (AvgIpc) is 3.34. The second-order valence-electron chi connectivity index (χ2n) is 7.01. The predicted molar refractivity (Wildman–Crippen MR) is 102 cm³/mol. The first kappa shape index (κ1) is 17.7. The van der Waals surface area contributed by atoms with Crippen LogP contribution >= 0.6 is 0 Å². The van der Waals surface area contributed by atoms with Crippen LogP contribution < -0.4 is 0 Å². The van der Waals surface area contributed by atoms with Crippen molar-refractivity contribution >= 4 is 16.8 Å². The molecule has 1 fully saturated rings. The summed E-state index contributed by atoms with van der Waals surface area (Å²) in [7, 11) is 1.70. The van der Waals surface area contributed by atoms with Gasteiger partial charge in [-0.3, -0.25) is 9.48 Å². The van der Waals surface area contributed by atoms with Crippen LogP contribution in [0.5, 0.6) is 0 Å². The van der Waals surface area contributed by atoms with Gasteiger partial charge in [-0.05, 0) is 18.9 Å². The summed E-state index contributed by atoms with van der Waals surface area (Å²) in [6, 6.07) is 7.97. The van der Waals surface area contributed by atoms with Crippen LogP contribution in [0.25, 0.3) is 10.9 Å². The summed E-state index contributed by atoms with van der Waals surface area (Å²) in [6.45, 7) is 3.23. The maximum Gasteiger partial charge on any atom is 0.244 e. The lowest BCUT2D eigenvalue weighted by Gasteiger charge is -2.32. The summed E-state index contributed by atoms with van der Waals surface area (Å²) in [5.74, 6) is 1.43. The Bertz CT molecular complexity index is 916. The van der Waals surface area contributed by atoms with Crippen LogP contribution in [0.15, 0.2) is 42.9 Å². The molecule has 1 aromatic carbocycles. The predicted octanol–water partition coefficient (Wildman–Crippen LogP) is 2.29. The second-order valence-corrected chi connectivity index (χ2v) is 7.01. The molecule has 0 aliphatic carbocycles. The number of carbonyl (C=O) groups is 1. The Morgan fingerprint density at radius 2 is 2.22 bits per heavy atom. The van der Waals surface area contributed by atoms with Crippen molar-refractivity contribution in [2.75, 3.05) is 26.8 Å². The summed E-state index contributed by atoms with van der Waals surface area (Å²) >= 11 is 0. The molecule has 27 heavy (non-hydrogen) atoms. The lowest BCUT2D eigenvalue weighted by atomic mass is 9.97. The van der Waals surface area contributed by atoms with E-state index in [1.807, 2.05) is 47.8 Å². The van der Waals surface area contributed by atoms with Crippen LogP contribution in [0.3, 0.4) is 0 Å². The minimum absolute atomic E-state index is 0.114. The van der Waals surface area contributed by atoms with Gasteiger partial charge in [0, 0.05) is 50.4 Å². The number of amides is 1. The Hall–Kier alpha value is -2.67. The molecule has 0 bridgehead atoms. The molecular weight excluding hydrogens is 342 g/mol. The van der Waals surface area contributed by atoms with Crippen LogP contribution in [-0.2, 0) is 22.6 Å². The summed E-state index contributed by atoms with van der Waals surface area (Å²) in [5.41, 5.74) is 0.995. The molecule has 3 heterocycles. The number of ether oxygens (including phenoxy) is 1. The minimum Gasteiger partial charge on any atom is -0.383 e. The van der Waals surface area contributed by atoms with E-state index in [4.69, 9.17) is 4.74 Å².